The molecular formula is H6N2O4S. The summed E-state index contributed by atoms with van der Waals surface area (Å²) in [4.78, 5) is 0. The van der Waals surface area contributed by atoms with Crippen LogP contribution in [-0.2, 0) is 10.4 Å². The molecule has 7 heteroatoms. The van der Waals surface area contributed by atoms with E-state index in [4.69, 9.17) is 17.5 Å². The topological polar surface area (TPSA) is 127 Å². The van der Waals surface area contributed by atoms with Gasteiger partial charge in [0.05, 0.1) is 0 Å². The van der Waals surface area contributed by atoms with Crippen LogP contribution in [0.25, 0.3) is 0 Å². The molecule has 0 aliphatic heterocycles. The summed E-state index contributed by atoms with van der Waals surface area (Å²) in [7, 11) is -4.67. The fourth-order valence-electron chi connectivity index (χ4n) is 0. The van der Waals surface area contributed by atoms with Gasteiger partial charge in [-0.1, -0.05) is 0 Å². The van der Waals surface area contributed by atoms with Gasteiger partial charge < -0.3 is 0 Å². The number of hydrogen-bond acceptors (Lipinski definition) is 4. The van der Waals surface area contributed by atoms with Crippen molar-refractivity contribution in [2.45, 2.75) is 0 Å². The Kier molecular flexibility index (Phi) is 5.62. The van der Waals surface area contributed by atoms with Crippen LogP contribution in [0.1, 0.15) is 0 Å². The van der Waals surface area contributed by atoms with Crippen LogP contribution >= 0.6 is 0 Å². The minimum absolute atomic E-state index is 4.00. The number of rotatable bonds is 0. The van der Waals surface area contributed by atoms with Crippen molar-refractivity contribution in [2.24, 2.45) is 11.7 Å². The molecule has 7 heavy (non-hydrogen) atoms. The van der Waals surface area contributed by atoms with Crippen LogP contribution < -0.4 is 11.7 Å². The van der Waals surface area contributed by atoms with Gasteiger partial charge in [0.1, 0.15) is 0 Å². The van der Waals surface area contributed by atoms with Gasteiger partial charge in [-0.2, -0.15) is 8.42 Å². The lowest BCUT2D eigenvalue weighted by molar-refractivity contribution is 0.381. The molecule has 0 rings (SSSR count). The molecule has 0 fully saturated rings. The van der Waals surface area contributed by atoms with Crippen molar-refractivity contribution in [1.29, 1.82) is 0 Å². The van der Waals surface area contributed by atoms with Crippen LogP contribution in [0.2, 0.25) is 0 Å². The number of nitrogens with two attached hydrogens (primary N) is 2. The molecule has 0 aliphatic rings. The van der Waals surface area contributed by atoms with Gasteiger partial charge in [0.25, 0.3) is 0 Å². The van der Waals surface area contributed by atoms with Crippen LogP contribution in [0.4, 0.5) is 0 Å². The molecule has 0 aromatic heterocycles. The zero-order chi connectivity index (χ0) is 6.50. The lowest BCUT2D eigenvalue weighted by atomic mass is 13.0. The van der Waals surface area contributed by atoms with E-state index in [0.717, 1.165) is 0 Å². The Balaban J connectivity index is 0. The Morgan fingerprint density at radius 3 is 1.14 bits per heavy atom. The lowest BCUT2D eigenvalue weighted by Gasteiger charge is -1.68. The Hall–Kier alpha value is -0.210. The molecule has 0 aliphatic carbocycles. The average molecular weight is 130 g/mol. The molecule has 6 N–H and O–H groups in total. The minimum atomic E-state index is -4.67. The lowest BCUT2D eigenvalue weighted by Crippen LogP contribution is -2.02. The highest BCUT2D eigenvalue weighted by Gasteiger charge is 1.84. The van der Waals surface area contributed by atoms with Gasteiger partial charge in [0, 0.05) is 0 Å². The van der Waals surface area contributed by atoms with E-state index in [1.807, 2.05) is 0 Å². The summed E-state index contributed by atoms with van der Waals surface area (Å²) in [6.07, 6.45) is 0. The van der Waals surface area contributed by atoms with Crippen LogP contribution in [0, 0.1) is 0 Å². The molecule has 0 saturated heterocycles. The maximum absolute atomic E-state index is 8.74. The first kappa shape index (κ1) is 9.92. The Bertz CT molecular complexity index is 92.9. The fraction of sp³-hybridized carbons (Fsp3) is 0. The van der Waals surface area contributed by atoms with E-state index in [0.29, 0.717) is 0 Å². The highest BCUT2D eigenvalue weighted by atomic mass is 32.3. The zero-order valence-electron chi connectivity index (χ0n) is 3.27. The van der Waals surface area contributed by atoms with Crippen molar-refractivity contribution in [1.82, 2.24) is 0 Å². The van der Waals surface area contributed by atoms with Gasteiger partial charge in [-0.05, 0) is 0 Å². The van der Waals surface area contributed by atoms with Crippen LogP contribution in [0.5, 0.6) is 0 Å². The van der Waals surface area contributed by atoms with Gasteiger partial charge in [0.2, 0.25) is 0 Å². The molecule has 0 unspecified atom stereocenters. The maximum Gasteiger partial charge on any atom is 0.394 e. The van der Waals surface area contributed by atoms with Crippen molar-refractivity contribution in [3.05, 3.63) is 0 Å². The largest absolute Gasteiger partial charge is 0.394 e. The minimum Gasteiger partial charge on any atom is -0.274 e. The third kappa shape index (κ3) is 1890. The molecule has 0 aromatic carbocycles. The Labute approximate surface area is 40.7 Å². The zero-order valence-corrected chi connectivity index (χ0v) is 4.09. The van der Waals surface area contributed by atoms with Gasteiger partial charge in [-0.15, -0.1) is 0 Å². The second kappa shape index (κ2) is 3.96. The second-order valence-corrected chi connectivity index (χ2v) is 1.34. The second-order valence-electron chi connectivity index (χ2n) is 0.448. The third-order valence-corrected chi connectivity index (χ3v) is 0. The predicted octanol–water partition coefficient (Wildman–Crippen LogP) is -1.83. The van der Waals surface area contributed by atoms with Crippen LogP contribution in [0.3, 0.4) is 0 Å². The number of hydrazine groups is 1. The van der Waals surface area contributed by atoms with Crippen molar-refractivity contribution in [2.75, 3.05) is 0 Å². The van der Waals surface area contributed by atoms with E-state index in [1.54, 1.807) is 0 Å². The molecule has 0 atom stereocenters. The van der Waals surface area contributed by atoms with Gasteiger partial charge in [0.15, 0.2) is 0 Å². The standard InChI is InChI=1S/H4N2.H2O4S/c1-2;1-5(2,3)4/h1-2H2;(H2,1,2,3,4). The molecule has 0 bridgehead atoms. The molecule has 6 nitrogen and oxygen atoms in total. The smallest absolute Gasteiger partial charge is 0.274 e. The first-order chi connectivity index (χ1) is 3.00. The summed E-state index contributed by atoms with van der Waals surface area (Å²) >= 11 is 0. The summed E-state index contributed by atoms with van der Waals surface area (Å²) in [5, 5.41) is 0. The predicted molar refractivity (Wildman–Crippen MR) is 22.6 cm³/mol. The van der Waals surface area contributed by atoms with Gasteiger partial charge >= 0.3 is 10.4 Å². The van der Waals surface area contributed by atoms with Crippen molar-refractivity contribution < 1.29 is 17.5 Å². The third-order valence-electron chi connectivity index (χ3n) is 0. The Morgan fingerprint density at radius 2 is 1.14 bits per heavy atom. The van der Waals surface area contributed by atoms with E-state index in [9.17, 15) is 0 Å². The first-order valence-corrected chi connectivity index (χ1v) is 2.43. The highest BCUT2D eigenvalue weighted by molar-refractivity contribution is 7.79. The number of hydrogen-bond donors (Lipinski definition) is 4. The van der Waals surface area contributed by atoms with E-state index < -0.39 is 10.4 Å². The summed E-state index contributed by atoms with van der Waals surface area (Å²) in [5.74, 6) is 8.00. The van der Waals surface area contributed by atoms with E-state index in [-0.39, 0.29) is 0 Å². The van der Waals surface area contributed by atoms with Crippen molar-refractivity contribution in [3.63, 3.8) is 0 Å². The first-order valence-electron chi connectivity index (χ1n) is 1.03. The SMILES string of the molecule is NN.O=S(=O)(O)O. The summed E-state index contributed by atoms with van der Waals surface area (Å²) in [6.45, 7) is 0. The molecular weight excluding hydrogens is 124 g/mol. The Morgan fingerprint density at radius 1 is 1.14 bits per heavy atom. The summed E-state index contributed by atoms with van der Waals surface area (Å²) < 4.78 is 31.6. The molecule has 0 spiro atoms. The van der Waals surface area contributed by atoms with Crippen molar-refractivity contribution >= 4 is 10.4 Å². The average Bonchev–Trinajstić information content (AvgIpc) is 1.36. The van der Waals surface area contributed by atoms with Crippen LogP contribution in [0.15, 0.2) is 0 Å². The summed E-state index contributed by atoms with van der Waals surface area (Å²) in [5.41, 5.74) is 0. The van der Waals surface area contributed by atoms with E-state index in [2.05, 4.69) is 11.7 Å². The molecule has 0 saturated carbocycles. The van der Waals surface area contributed by atoms with Gasteiger partial charge in [-0.3, -0.25) is 20.8 Å². The molecule has 0 amide bonds. The fourth-order valence-corrected chi connectivity index (χ4v) is 0. The normalized spacial score (nSPS) is 9.14. The quantitative estimate of drug-likeness (QED) is 0.173. The molecule has 0 heterocycles. The molecule has 0 radical (unpaired) electrons. The maximum atomic E-state index is 8.74. The van der Waals surface area contributed by atoms with Crippen molar-refractivity contribution in [3.8, 4) is 0 Å². The monoisotopic (exact) mass is 130 g/mol. The highest BCUT2D eigenvalue weighted by Crippen LogP contribution is 1.59. The van der Waals surface area contributed by atoms with Gasteiger partial charge in [-0.25, -0.2) is 0 Å². The molecule has 0 aromatic rings. The van der Waals surface area contributed by atoms with E-state index >= 15 is 0 Å². The summed E-state index contributed by atoms with van der Waals surface area (Å²) in [6, 6.07) is 0. The van der Waals surface area contributed by atoms with E-state index in [1.165, 1.54) is 0 Å². The molecule has 46 valence electrons. The van der Waals surface area contributed by atoms with Crippen LogP contribution in [-0.4, -0.2) is 17.5 Å².